The summed E-state index contributed by atoms with van der Waals surface area (Å²) in [5.41, 5.74) is 3.56. The van der Waals surface area contributed by atoms with Crippen LogP contribution in [0.5, 0.6) is 5.75 Å². The molecule has 1 aromatic heterocycles. The maximum absolute atomic E-state index is 13.3. The number of morpholine rings is 1. The molecule has 0 bridgehead atoms. The van der Waals surface area contributed by atoms with Gasteiger partial charge < -0.3 is 14.8 Å². The highest BCUT2D eigenvalue weighted by Crippen LogP contribution is 2.32. The minimum absolute atomic E-state index is 0.172. The number of carbonyl (C=O) groups is 1. The Morgan fingerprint density at radius 2 is 1.75 bits per heavy atom. The third kappa shape index (κ3) is 6.46. The number of urea groups is 1. The van der Waals surface area contributed by atoms with E-state index in [1.165, 1.54) is 5.56 Å². The summed E-state index contributed by atoms with van der Waals surface area (Å²) in [5, 5.41) is 12.8. The molecule has 3 aromatic carbocycles. The number of fused-ring (bicyclic) bond motifs is 1. The molecule has 4 aromatic rings. The number of amides is 2. The summed E-state index contributed by atoms with van der Waals surface area (Å²) in [6.45, 7) is 13.3. The zero-order chi connectivity index (χ0) is 28.1. The van der Waals surface area contributed by atoms with Crippen LogP contribution in [0.3, 0.4) is 0 Å². The van der Waals surface area contributed by atoms with E-state index in [0.29, 0.717) is 18.1 Å². The van der Waals surface area contributed by atoms with Crippen molar-refractivity contribution in [2.45, 2.75) is 39.5 Å². The van der Waals surface area contributed by atoms with E-state index in [1.54, 1.807) is 0 Å². The molecule has 0 radical (unpaired) electrons. The summed E-state index contributed by atoms with van der Waals surface area (Å²) in [4.78, 5) is 15.7. The summed E-state index contributed by atoms with van der Waals surface area (Å²) in [6.07, 6.45) is 0.921. The zero-order valence-electron chi connectivity index (χ0n) is 23.9. The van der Waals surface area contributed by atoms with Crippen LogP contribution < -0.4 is 15.4 Å². The molecule has 0 unspecified atom stereocenters. The van der Waals surface area contributed by atoms with Crippen LogP contribution in [0.25, 0.3) is 16.5 Å². The van der Waals surface area contributed by atoms with E-state index in [1.807, 2.05) is 59.3 Å². The smallest absolute Gasteiger partial charge is 0.324 e. The van der Waals surface area contributed by atoms with E-state index in [0.717, 1.165) is 67.2 Å². The Morgan fingerprint density at radius 3 is 2.50 bits per heavy atom. The molecule has 2 N–H and O–H groups in total. The summed E-state index contributed by atoms with van der Waals surface area (Å²) in [5.74, 6) is 1.42. The maximum Gasteiger partial charge on any atom is 0.324 e. The van der Waals surface area contributed by atoms with Crippen molar-refractivity contribution in [3.05, 3.63) is 78.0 Å². The monoisotopic (exact) mass is 541 g/mol. The van der Waals surface area contributed by atoms with Gasteiger partial charge in [0.2, 0.25) is 0 Å². The Kier molecular flexibility index (Phi) is 8.38. The van der Waals surface area contributed by atoms with Crippen molar-refractivity contribution >= 4 is 28.3 Å². The molecule has 40 heavy (non-hydrogen) atoms. The van der Waals surface area contributed by atoms with E-state index in [-0.39, 0.29) is 11.4 Å². The minimum Gasteiger partial charge on any atom is -0.492 e. The first-order chi connectivity index (χ1) is 19.3. The van der Waals surface area contributed by atoms with Crippen molar-refractivity contribution in [2.24, 2.45) is 0 Å². The lowest BCUT2D eigenvalue weighted by Gasteiger charge is -2.26. The lowest BCUT2D eigenvalue weighted by molar-refractivity contribution is 0.0323. The van der Waals surface area contributed by atoms with Crippen LogP contribution in [0, 0.1) is 0 Å². The van der Waals surface area contributed by atoms with Gasteiger partial charge in [0.1, 0.15) is 18.2 Å². The second-order valence-corrected chi connectivity index (χ2v) is 11.1. The number of hydrogen-bond acceptors (Lipinski definition) is 5. The van der Waals surface area contributed by atoms with Gasteiger partial charge in [-0.1, -0.05) is 64.1 Å². The first-order valence-electron chi connectivity index (χ1n) is 14.0. The quantitative estimate of drug-likeness (QED) is 0.276. The van der Waals surface area contributed by atoms with Gasteiger partial charge in [-0.2, -0.15) is 5.10 Å². The number of nitrogens with zero attached hydrogens (tertiary/aromatic N) is 3. The molecule has 8 nitrogen and oxygen atoms in total. The Bertz CT molecular complexity index is 1470. The summed E-state index contributed by atoms with van der Waals surface area (Å²) in [7, 11) is 0. The number of anilines is 2. The topological polar surface area (TPSA) is 80.7 Å². The Labute approximate surface area is 236 Å². The third-order valence-electron chi connectivity index (χ3n) is 7.18. The molecule has 1 aliphatic rings. The van der Waals surface area contributed by atoms with Crippen LogP contribution in [0.1, 0.15) is 39.0 Å². The second-order valence-electron chi connectivity index (χ2n) is 11.1. The van der Waals surface area contributed by atoms with E-state index in [2.05, 4.69) is 55.4 Å². The van der Waals surface area contributed by atoms with Gasteiger partial charge in [0, 0.05) is 41.9 Å². The molecule has 210 valence electrons. The normalized spacial score (nSPS) is 14.3. The number of aryl methyl sites for hydroxylation is 1. The highest BCUT2D eigenvalue weighted by molar-refractivity contribution is 6.07. The molecule has 1 fully saturated rings. The van der Waals surface area contributed by atoms with Crippen LogP contribution in [-0.4, -0.2) is 60.2 Å². The van der Waals surface area contributed by atoms with E-state index >= 15 is 0 Å². The average Bonchev–Trinajstić information content (AvgIpc) is 3.39. The van der Waals surface area contributed by atoms with Gasteiger partial charge in [-0.3, -0.25) is 10.2 Å². The van der Waals surface area contributed by atoms with Crippen LogP contribution >= 0.6 is 0 Å². The Morgan fingerprint density at radius 1 is 0.975 bits per heavy atom. The van der Waals surface area contributed by atoms with Gasteiger partial charge in [0.25, 0.3) is 0 Å². The zero-order valence-corrected chi connectivity index (χ0v) is 23.9. The third-order valence-corrected chi connectivity index (χ3v) is 7.18. The van der Waals surface area contributed by atoms with Gasteiger partial charge in [-0.05, 0) is 36.2 Å². The first kappa shape index (κ1) is 27.7. The number of carbonyl (C=O) groups excluding carboxylic acids is 1. The number of nitrogens with one attached hydrogen (secondary N) is 2. The Hall–Kier alpha value is -3.88. The lowest BCUT2D eigenvalue weighted by Crippen LogP contribution is -2.38. The van der Waals surface area contributed by atoms with Crippen LogP contribution in [0.15, 0.2) is 66.7 Å². The first-order valence-corrected chi connectivity index (χ1v) is 14.0. The fourth-order valence-electron chi connectivity index (χ4n) is 4.83. The molecule has 0 atom stereocenters. The number of benzene rings is 3. The minimum atomic E-state index is -0.334. The highest BCUT2D eigenvalue weighted by atomic mass is 16.5. The fraction of sp³-hybridized carbons (Fsp3) is 0.375. The van der Waals surface area contributed by atoms with Crippen molar-refractivity contribution in [1.29, 1.82) is 0 Å². The average molecular weight is 542 g/mol. The predicted octanol–water partition coefficient (Wildman–Crippen LogP) is 6.24. The van der Waals surface area contributed by atoms with Gasteiger partial charge in [0.05, 0.1) is 30.3 Å². The molecule has 0 spiro atoms. The van der Waals surface area contributed by atoms with Gasteiger partial charge >= 0.3 is 6.03 Å². The number of aromatic nitrogens is 2. The largest absolute Gasteiger partial charge is 0.492 e. The highest BCUT2D eigenvalue weighted by Gasteiger charge is 2.22. The van der Waals surface area contributed by atoms with Crippen molar-refractivity contribution in [3.63, 3.8) is 0 Å². The lowest BCUT2D eigenvalue weighted by atomic mass is 9.92. The molecular formula is C32H39N5O3. The molecule has 2 heterocycles. The molecule has 5 rings (SSSR count). The second kappa shape index (κ2) is 12.1. The van der Waals surface area contributed by atoms with Gasteiger partial charge in [-0.15, -0.1) is 0 Å². The SMILES string of the molecule is CCc1cccc(-n2nc(C(C)(C)C)cc2NC(=O)Nc2ccc(OCCN3CCOCC3)c3ccccc23)c1. The number of rotatable bonds is 8. The van der Waals surface area contributed by atoms with E-state index in [4.69, 9.17) is 14.6 Å². The van der Waals surface area contributed by atoms with Crippen molar-refractivity contribution in [1.82, 2.24) is 14.7 Å². The maximum atomic E-state index is 13.3. The van der Waals surface area contributed by atoms with Crippen LogP contribution in [-0.2, 0) is 16.6 Å². The summed E-state index contributed by atoms with van der Waals surface area (Å²) >= 11 is 0. The van der Waals surface area contributed by atoms with Gasteiger partial charge in [0.15, 0.2) is 0 Å². The summed E-state index contributed by atoms with van der Waals surface area (Å²) < 4.78 is 13.4. The summed E-state index contributed by atoms with van der Waals surface area (Å²) in [6, 6.07) is 21.6. The van der Waals surface area contributed by atoms with Gasteiger partial charge in [-0.25, -0.2) is 9.48 Å². The van der Waals surface area contributed by atoms with Crippen molar-refractivity contribution < 1.29 is 14.3 Å². The molecular weight excluding hydrogens is 502 g/mol. The van der Waals surface area contributed by atoms with Crippen LogP contribution in [0.4, 0.5) is 16.3 Å². The molecule has 0 saturated carbocycles. The standard InChI is InChI=1S/C32H39N5O3/c1-5-23-9-8-10-24(21-23)37-30(22-29(35-37)32(2,3)4)34-31(38)33-27-13-14-28(26-12-7-6-11-25(26)27)40-20-17-36-15-18-39-19-16-36/h6-14,21-22H,5,15-20H2,1-4H3,(H2,33,34,38). The Balaban J connectivity index is 1.34. The van der Waals surface area contributed by atoms with Crippen molar-refractivity contribution in [2.75, 3.05) is 50.1 Å². The number of hydrogen-bond donors (Lipinski definition) is 2. The molecule has 2 amide bonds. The molecule has 8 heteroatoms. The van der Waals surface area contributed by atoms with E-state index in [9.17, 15) is 4.79 Å². The molecule has 1 aliphatic heterocycles. The molecule has 1 saturated heterocycles. The molecule has 0 aliphatic carbocycles. The fourth-order valence-corrected chi connectivity index (χ4v) is 4.83. The number of ether oxygens (including phenoxy) is 2. The van der Waals surface area contributed by atoms with E-state index < -0.39 is 0 Å². The predicted molar refractivity (Wildman–Crippen MR) is 161 cm³/mol. The van der Waals surface area contributed by atoms with Crippen LogP contribution in [0.2, 0.25) is 0 Å². The van der Waals surface area contributed by atoms with Crippen molar-refractivity contribution in [3.8, 4) is 11.4 Å².